The highest BCUT2D eigenvalue weighted by Crippen LogP contribution is 2.11. The van der Waals surface area contributed by atoms with Crippen molar-refractivity contribution in [3.8, 4) is 0 Å². The maximum Gasteiger partial charge on any atom is 0.334 e. The van der Waals surface area contributed by atoms with Gasteiger partial charge in [-0.25, -0.2) is 4.79 Å². The normalized spacial score (nSPS) is 14.4. The van der Waals surface area contributed by atoms with Crippen LogP contribution in [0, 0.1) is 0 Å². The molecule has 1 rings (SSSR count). The molecule has 0 aliphatic heterocycles. The molecule has 11 heavy (non-hydrogen) atoms. The van der Waals surface area contributed by atoms with Gasteiger partial charge in [0.15, 0.2) is 0 Å². The number of rotatable bonds is 3. The van der Waals surface area contributed by atoms with Gasteiger partial charge in [0.2, 0.25) is 0 Å². The fourth-order valence-corrected chi connectivity index (χ4v) is 0.826. The largest absolute Gasteiger partial charge is 0.458 e. The molecule has 0 N–H and O–H groups in total. The lowest BCUT2D eigenvalue weighted by Crippen LogP contribution is -2.06. The van der Waals surface area contributed by atoms with E-state index in [1.54, 1.807) is 12.2 Å². The van der Waals surface area contributed by atoms with Crippen LogP contribution in [0.3, 0.4) is 0 Å². The van der Waals surface area contributed by atoms with Gasteiger partial charge in [-0.15, -0.1) is 0 Å². The van der Waals surface area contributed by atoms with E-state index in [-0.39, 0.29) is 12.6 Å². The molecule has 0 fully saturated rings. The molecule has 2 nitrogen and oxygen atoms in total. The van der Waals surface area contributed by atoms with Crippen molar-refractivity contribution in [1.29, 1.82) is 0 Å². The maximum absolute atomic E-state index is 11.0. The smallest absolute Gasteiger partial charge is 0.334 e. The molecule has 2 heteroatoms. The zero-order valence-corrected chi connectivity index (χ0v) is 6.25. The second-order valence-corrected chi connectivity index (χ2v) is 2.21. The van der Waals surface area contributed by atoms with Gasteiger partial charge in [-0.2, -0.15) is 0 Å². The van der Waals surface area contributed by atoms with Gasteiger partial charge in [-0.3, -0.25) is 0 Å². The minimum atomic E-state index is -0.241. The maximum atomic E-state index is 11.0. The van der Waals surface area contributed by atoms with Crippen molar-refractivity contribution >= 4 is 5.97 Å². The van der Waals surface area contributed by atoms with Crippen LogP contribution in [0.15, 0.2) is 36.5 Å². The van der Waals surface area contributed by atoms with Crippen molar-refractivity contribution in [1.82, 2.24) is 0 Å². The summed E-state index contributed by atoms with van der Waals surface area (Å²) in [5, 5.41) is 0. The number of ether oxygens (including phenoxy) is 1. The minimum Gasteiger partial charge on any atom is -0.458 e. The summed E-state index contributed by atoms with van der Waals surface area (Å²) in [5.74, 6) is -0.241. The zero-order valence-electron chi connectivity index (χ0n) is 6.25. The average Bonchev–Trinajstić information content (AvgIpc) is 2.52. The van der Waals surface area contributed by atoms with Crippen molar-refractivity contribution in [3.05, 3.63) is 36.5 Å². The monoisotopic (exact) mass is 150 g/mol. The van der Waals surface area contributed by atoms with E-state index in [1.807, 2.05) is 12.2 Å². The molecular weight excluding hydrogens is 140 g/mol. The predicted octanol–water partition coefficient (Wildman–Crippen LogP) is 1.60. The number of carbonyl (C=O) groups excluding carboxylic acids is 1. The Morgan fingerprint density at radius 1 is 1.82 bits per heavy atom. The number of hydrogen-bond donors (Lipinski definition) is 0. The minimum absolute atomic E-state index is 0.241. The first kappa shape index (κ1) is 7.79. The zero-order chi connectivity index (χ0) is 8.10. The lowest BCUT2D eigenvalue weighted by molar-refractivity contribution is -0.137. The molecule has 0 bridgehead atoms. The van der Waals surface area contributed by atoms with E-state index in [9.17, 15) is 4.79 Å². The van der Waals surface area contributed by atoms with Crippen LogP contribution in [0.2, 0.25) is 0 Å². The number of esters is 1. The van der Waals surface area contributed by atoms with E-state index >= 15 is 0 Å². The Morgan fingerprint density at radius 2 is 2.64 bits per heavy atom. The molecule has 1 aliphatic carbocycles. The molecule has 0 amide bonds. The second kappa shape index (κ2) is 3.76. The quantitative estimate of drug-likeness (QED) is 0.451. The van der Waals surface area contributed by atoms with Crippen LogP contribution in [0.1, 0.15) is 6.42 Å². The summed E-state index contributed by atoms with van der Waals surface area (Å²) in [4.78, 5) is 11.0. The number of hydrogen-bond acceptors (Lipinski definition) is 2. The van der Waals surface area contributed by atoms with E-state index in [1.165, 1.54) is 0 Å². The molecule has 0 saturated heterocycles. The van der Waals surface area contributed by atoms with Crippen molar-refractivity contribution < 1.29 is 9.53 Å². The van der Waals surface area contributed by atoms with Gasteiger partial charge < -0.3 is 4.74 Å². The molecule has 0 atom stereocenters. The van der Waals surface area contributed by atoms with Crippen LogP contribution >= 0.6 is 0 Å². The summed E-state index contributed by atoms with van der Waals surface area (Å²) in [6, 6.07) is 0. The average molecular weight is 150 g/mol. The fraction of sp³-hybridized carbons (Fsp3) is 0.222. The van der Waals surface area contributed by atoms with Gasteiger partial charge in [0, 0.05) is 5.57 Å². The van der Waals surface area contributed by atoms with Gasteiger partial charge in [-0.1, -0.05) is 30.9 Å². The van der Waals surface area contributed by atoms with Crippen LogP contribution in [0.25, 0.3) is 0 Å². The summed E-state index contributed by atoms with van der Waals surface area (Å²) < 4.78 is 4.81. The summed E-state index contributed by atoms with van der Waals surface area (Å²) in [6.07, 6.45) is 7.79. The first-order valence-electron chi connectivity index (χ1n) is 3.48. The van der Waals surface area contributed by atoms with Crippen LogP contribution in [0.5, 0.6) is 0 Å². The van der Waals surface area contributed by atoms with Crippen molar-refractivity contribution in [2.45, 2.75) is 6.42 Å². The highest BCUT2D eigenvalue weighted by Gasteiger charge is 2.09. The molecular formula is C9H10O2. The Balaban J connectivity index is 2.36. The van der Waals surface area contributed by atoms with Crippen molar-refractivity contribution in [2.75, 3.05) is 6.61 Å². The summed E-state index contributed by atoms with van der Waals surface area (Å²) in [7, 11) is 0. The lowest BCUT2D eigenvalue weighted by atomic mass is 10.2. The number of carbonyl (C=O) groups is 1. The van der Waals surface area contributed by atoms with E-state index in [0.717, 1.165) is 0 Å². The highest BCUT2D eigenvalue weighted by molar-refractivity contribution is 5.89. The van der Waals surface area contributed by atoms with Crippen molar-refractivity contribution in [2.24, 2.45) is 0 Å². The van der Waals surface area contributed by atoms with Crippen LogP contribution in [-0.2, 0) is 9.53 Å². The van der Waals surface area contributed by atoms with E-state index in [0.29, 0.717) is 12.0 Å². The third-order valence-electron chi connectivity index (χ3n) is 1.37. The molecule has 1 aliphatic rings. The molecule has 0 aromatic rings. The molecule has 0 spiro atoms. The molecule has 0 saturated carbocycles. The van der Waals surface area contributed by atoms with Gasteiger partial charge in [0.05, 0.1) is 0 Å². The second-order valence-electron chi connectivity index (χ2n) is 2.21. The fourth-order valence-electron chi connectivity index (χ4n) is 0.826. The summed E-state index contributed by atoms with van der Waals surface area (Å²) in [6.45, 7) is 3.73. The first-order chi connectivity index (χ1) is 5.34. The Hall–Kier alpha value is -1.31. The Bertz CT molecular complexity index is 224. The Labute approximate surface area is 65.9 Å². The van der Waals surface area contributed by atoms with Gasteiger partial charge in [0.25, 0.3) is 0 Å². The lowest BCUT2D eigenvalue weighted by Gasteiger charge is -2.00. The van der Waals surface area contributed by atoms with Gasteiger partial charge in [-0.05, 0) is 6.42 Å². The van der Waals surface area contributed by atoms with Crippen LogP contribution in [0.4, 0.5) is 0 Å². The third kappa shape index (κ3) is 2.08. The molecule has 0 aromatic carbocycles. The third-order valence-corrected chi connectivity index (χ3v) is 1.37. The molecule has 0 unspecified atom stereocenters. The summed E-state index contributed by atoms with van der Waals surface area (Å²) >= 11 is 0. The topological polar surface area (TPSA) is 26.3 Å². The Kier molecular flexibility index (Phi) is 2.66. The van der Waals surface area contributed by atoms with Gasteiger partial charge >= 0.3 is 5.97 Å². The van der Waals surface area contributed by atoms with Crippen molar-refractivity contribution in [3.63, 3.8) is 0 Å². The highest BCUT2D eigenvalue weighted by atomic mass is 16.5. The number of allylic oxidation sites excluding steroid dienone is 3. The Morgan fingerprint density at radius 3 is 3.18 bits per heavy atom. The van der Waals surface area contributed by atoms with E-state index in [2.05, 4.69) is 6.58 Å². The van der Waals surface area contributed by atoms with E-state index in [4.69, 9.17) is 4.74 Å². The SMILES string of the molecule is C=CCOC(=O)C1=CC=CC1. The summed E-state index contributed by atoms with van der Waals surface area (Å²) in [5.41, 5.74) is 0.715. The van der Waals surface area contributed by atoms with Gasteiger partial charge in [0.1, 0.15) is 6.61 Å². The van der Waals surface area contributed by atoms with Crippen LogP contribution < -0.4 is 0 Å². The molecule has 0 heterocycles. The van der Waals surface area contributed by atoms with Crippen LogP contribution in [-0.4, -0.2) is 12.6 Å². The molecule has 58 valence electrons. The standard InChI is InChI=1S/C9H10O2/c1-2-7-11-9(10)8-5-3-4-6-8/h2-5H,1,6-7H2. The first-order valence-corrected chi connectivity index (χ1v) is 3.48. The van der Waals surface area contributed by atoms with E-state index < -0.39 is 0 Å². The molecule has 0 radical (unpaired) electrons. The predicted molar refractivity (Wildman–Crippen MR) is 43.0 cm³/mol. The molecule has 0 aromatic heterocycles.